The molecule has 0 atom stereocenters. The third kappa shape index (κ3) is 13.5. The van der Waals surface area contributed by atoms with Crippen molar-refractivity contribution in [1.82, 2.24) is 0 Å². The standard InChI is InChI=1S/2C11H14F3NO/c1-10(2,3)15-8-4-6-9(7-5-8)16-11(12,13)14;1-10(2,3)15-8-5-4-6-9(7-8)16-11(12,13)14/h2*4-7,15H,1-3H3. The van der Waals surface area contributed by atoms with Gasteiger partial charge in [-0.25, -0.2) is 0 Å². The van der Waals surface area contributed by atoms with Gasteiger partial charge in [0.2, 0.25) is 0 Å². The average Bonchev–Trinajstić information content (AvgIpc) is 2.52. The van der Waals surface area contributed by atoms with E-state index in [-0.39, 0.29) is 22.6 Å². The minimum atomic E-state index is -4.65. The molecule has 0 spiro atoms. The molecule has 0 aliphatic carbocycles. The van der Waals surface area contributed by atoms with E-state index in [0.29, 0.717) is 5.69 Å². The molecule has 0 saturated carbocycles. The van der Waals surface area contributed by atoms with Crippen molar-refractivity contribution < 1.29 is 35.8 Å². The first kappa shape index (κ1) is 27.3. The molecule has 180 valence electrons. The van der Waals surface area contributed by atoms with Gasteiger partial charge in [-0.1, -0.05) is 6.07 Å². The van der Waals surface area contributed by atoms with Crippen molar-refractivity contribution in [2.45, 2.75) is 65.3 Å². The van der Waals surface area contributed by atoms with Gasteiger partial charge in [0.1, 0.15) is 11.5 Å². The molecule has 0 radical (unpaired) electrons. The Bertz CT molecular complexity index is 769. The highest BCUT2D eigenvalue weighted by Crippen LogP contribution is 2.27. The lowest BCUT2D eigenvalue weighted by Crippen LogP contribution is -2.26. The molecule has 0 fully saturated rings. The summed E-state index contributed by atoms with van der Waals surface area (Å²) >= 11 is 0. The van der Waals surface area contributed by atoms with Gasteiger partial charge < -0.3 is 20.1 Å². The van der Waals surface area contributed by atoms with Crippen LogP contribution in [0.15, 0.2) is 48.5 Å². The second kappa shape index (κ2) is 10.2. The molecule has 32 heavy (non-hydrogen) atoms. The summed E-state index contributed by atoms with van der Waals surface area (Å²) in [5.41, 5.74) is 1.000. The van der Waals surface area contributed by atoms with E-state index >= 15 is 0 Å². The van der Waals surface area contributed by atoms with Crippen molar-refractivity contribution in [3.63, 3.8) is 0 Å². The average molecular weight is 466 g/mol. The van der Waals surface area contributed by atoms with E-state index in [1.54, 1.807) is 18.2 Å². The van der Waals surface area contributed by atoms with Crippen molar-refractivity contribution in [2.75, 3.05) is 10.6 Å². The molecule has 2 aromatic carbocycles. The van der Waals surface area contributed by atoms with Crippen LogP contribution in [0.3, 0.4) is 0 Å². The summed E-state index contributed by atoms with van der Waals surface area (Å²) in [7, 11) is 0. The zero-order valence-electron chi connectivity index (χ0n) is 18.7. The Morgan fingerprint density at radius 3 is 1.44 bits per heavy atom. The lowest BCUT2D eigenvalue weighted by Gasteiger charge is -2.22. The molecule has 0 unspecified atom stereocenters. The van der Waals surface area contributed by atoms with E-state index in [4.69, 9.17) is 0 Å². The third-order valence-corrected chi connectivity index (χ3v) is 3.19. The van der Waals surface area contributed by atoms with Crippen LogP contribution in [-0.4, -0.2) is 23.8 Å². The number of rotatable bonds is 4. The van der Waals surface area contributed by atoms with Crippen molar-refractivity contribution in [1.29, 1.82) is 0 Å². The van der Waals surface area contributed by atoms with Crippen LogP contribution in [-0.2, 0) is 0 Å². The molecular formula is C22H28F6N2O2. The smallest absolute Gasteiger partial charge is 0.406 e. The van der Waals surface area contributed by atoms with Gasteiger partial charge in [-0.05, 0) is 77.9 Å². The van der Waals surface area contributed by atoms with Crippen molar-refractivity contribution >= 4 is 11.4 Å². The van der Waals surface area contributed by atoms with E-state index in [2.05, 4.69) is 20.1 Å². The summed E-state index contributed by atoms with van der Waals surface area (Å²) in [5, 5.41) is 6.19. The van der Waals surface area contributed by atoms with E-state index in [1.807, 2.05) is 41.5 Å². The van der Waals surface area contributed by atoms with Crippen LogP contribution in [0.5, 0.6) is 11.5 Å². The minimum Gasteiger partial charge on any atom is -0.406 e. The molecule has 0 aromatic heterocycles. The Morgan fingerprint density at radius 1 is 0.562 bits per heavy atom. The van der Waals surface area contributed by atoms with E-state index in [0.717, 1.165) is 5.69 Å². The van der Waals surface area contributed by atoms with Crippen LogP contribution in [0.4, 0.5) is 37.7 Å². The quantitative estimate of drug-likeness (QED) is 0.456. The fraction of sp³-hybridized carbons (Fsp3) is 0.455. The van der Waals surface area contributed by atoms with Crippen LogP contribution < -0.4 is 20.1 Å². The molecule has 0 amide bonds. The number of hydrogen-bond acceptors (Lipinski definition) is 4. The number of halogens is 6. The molecular weight excluding hydrogens is 438 g/mol. The minimum absolute atomic E-state index is 0.133. The second-order valence-corrected chi connectivity index (χ2v) is 8.90. The Labute approximate surface area is 183 Å². The first-order valence-corrected chi connectivity index (χ1v) is 9.59. The topological polar surface area (TPSA) is 42.5 Å². The normalized spacial score (nSPS) is 12.4. The summed E-state index contributed by atoms with van der Waals surface area (Å²) in [5.74, 6) is -0.436. The highest BCUT2D eigenvalue weighted by molar-refractivity contribution is 5.50. The van der Waals surface area contributed by atoms with E-state index in [9.17, 15) is 26.3 Å². The highest BCUT2D eigenvalue weighted by atomic mass is 19.4. The summed E-state index contributed by atoms with van der Waals surface area (Å²) in [6, 6.07) is 11.4. The van der Waals surface area contributed by atoms with Crippen LogP contribution in [0.2, 0.25) is 0 Å². The van der Waals surface area contributed by atoms with Gasteiger partial charge in [-0.15, -0.1) is 26.3 Å². The van der Waals surface area contributed by atoms with Crippen molar-refractivity contribution in [2.24, 2.45) is 0 Å². The lowest BCUT2D eigenvalue weighted by atomic mass is 10.1. The molecule has 0 aliphatic rings. The molecule has 2 rings (SSSR count). The number of benzene rings is 2. The zero-order chi connectivity index (χ0) is 24.8. The summed E-state index contributed by atoms with van der Waals surface area (Å²) in [6.07, 6.45) is -9.29. The summed E-state index contributed by atoms with van der Waals surface area (Å²) in [6.45, 7) is 11.7. The number of anilines is 2. The van der Waals surface area contributed by atoms with Crippen LogP contribution in [0.1, 0.15) is 41.5 Å². The number of hydrogen-bond donors (Lipinski definition) is 2. The van der Waals surface area contributed by atoms with Gasteiger partial charge in [-0.3, -0.25) is 0 Å². The molecule has 0 bridgehead atoms. The number of nitrogens with one attached hydrogen (secondary N) is 2. The van der Waals surface area contributed by atoms with Gasteiger partial charge in [0.25, 0.3) is 0 Å². The molecule has 0 heterocycles. The van der Waals surface area contributed by atoms with Gasteiger partial charge in [-0.2, -0.15) is 0 Å². The maximum Gasteiger partial charge on any atom is 0.573 e. The first-order valence-electron chi connectivity index (χ1n) is 9.59. The molecule has 0 aliphatic heterocycles. The SMILES string of the molecule is CC(C)(C)Nc1ccc(OC(F)(F)F)cc1.CC(C)(C)Nc1cccc(OC(F)(F)F)c1. The predicted molar refractivity (Wildman–Crippen MR) is 113 cm³/mol. The fourth-order valence-electron chi connectivity index (χ4n) is 2.38. The number of ether oxygens (including phenoxy) is 2. The third-order valence-electron chi connectivity index (χ3n) is 3.19. The molecule has 2 aromatic rings. The molecule has 0 saturated heterocycles. The highest BCUT2D eigenvalue weighted by Gasteiger charge is 2.31. The largest absolute Gasteiger partial charge is 0.573 e. The Balaban J connectivity index is 0.000000320. The summed E-state index contributed by atoms with van der Waals surface area (Å²) < 4.78 is 79.1. The Morgan fingerprint density at radius 2 is 1.00 bits per heavy atom. The van der Waals surface area contributed by atoms with Crippen LogP contribution in [0.25, 0.3) is 0 Å². The second-order valence-electron chi connectivity index (χ2n) is 8.90. The predicted octanol–water partition coefficient (Wildman–Crippen LogP) is 7.59. The first-order chi connectivity index (χ1) is 14.3. The lowest BCUT2D eigenvalue weighted by molar-refractivity contribution is -0.275. The van der Waals surface area contributed by atoms with Gasteiger partial charge in [0.05, 0.1) is 0 Å². The van der Waals surface area contributed by atoms with E-state index < -0.39 is 12.7 Å². The summed E-state index contributed by atoms with van der Waals surface area (Å²) in [4.78, 5) is 0. The van der Waals surface area contributed by atoms with Gasteiger partial charge in [0, 0.05) is 28.5 Å². The van der Waals surface area contributed by atoms with Crippen LogP contribution in [0, 0.1) is 0 Å². The van der Waals surface area contributed by atoms with Gasteiger partial charge in [0.15, 0.2) is 0 Å². The van der Waals surface area contributed by atoms with Crippen molar-refractivity contribution in [3.05, 3.63) is 48.5 Å². The van der Waals surface area contributed by atoms with Crippen molar-refractivity contribution in [3.8, 4) is 11.5 Å². The Kier molecular flexibility index (Phi) is 8.71. The monoisotopic (exact) mass is 466 g/mol. The zero-order valence-corrected chi connectivity index (χ0v) is 18.7. The van der Waals surface area contributed by atoms with E-state index in [1.165, 1.54) is 30.3 Å². The van der Waals surface area contributed by atoms with Gasteiger partial charge >= 0.3 is 12.7 Å². The maximum absolute atomic E-state index is 12.0. The maximum atomic E-state index is 12.0. The molecule has 4 nitrogen and oxygen atoms in total. The van der Waals surface area contributed by atoms with Crippen LogP contribution >= 0.6 is 0 Å². The number of alkyl halides is 6. The fourth-order valence-corrected chi connectivity index (χ4v) is 2.38. The molecule has 10 heteroatoms. The Hall–Kier alpha value is -2.78. The molecule has 2 N–H and O–H groups in total.